The number of aromatic carboxylic acids is 1. The Hall–Kier alpha value is -2.91. The minimum atomic E-state index is -1.31. The van der Waals surface area contributed by atoms with E-state index in [1.807, 2.05) is 20.8 Å². The molecule has 1 saturated carbocycles. The number of halogens is 1. The van der Waals surface area contributed by atoms with E-state index in [2.05, 4.69) is 5.48 Å². The molecule has 2 aliphatic rings. The molecule has 0 spiro atoms. The van der Waals surface area contributed by atoms with Gasteiger partial charge in [-0.25, -0.2) is 9.18 Å². The van der Waals surface area contributed by atoms with Gasteiger partial charge in [0.1, 0.15) is 11.4 Å². The fourth-order valence-corrected chi connectivity index (χ4v) is 3.74. The lowest BCUT2D eigenvalue weighted by atomic mass is 10.1. The molecular weight excluding hydrogens is 403 g/mol. The van der Waals surface area contributed by atoms with Gasteiger partial charge in [-0.05, 0) is 45.7 Å². The van der Waals surface area contributed by atoms with Crippen LogP contribution in [0.5, 0.6) is 0 Å². The second-order valence-corrected chi connectivity index (χ2v) is 9.12. The minimum absolute atomic E-state index is 0.0704. The number of nitrogens with zero attached hydrogens (tertiary/aromatic N) is 2. The quantitative estimate of drug-likeness (QED) is 0.605. The van der Waals surface area contributed by atoms with E-state index in [1.165, 1.54) is 6.20 Å². The molecule has 4 rings (SSSR count). The van der Waals surface area contributed by atoms with Gasteiger partial charge in [-0.15, -0.1) is 0 Å². The van der Waals surface area contributed by atoms with E-state index in [-0.39, 0.29) is 22.9 Å². The summed E-state index contributed by atoms with van der Waals surface area (Å²) in [6, 6.07) is 2.87. The molecule has 31 heavy (non-hydrogen) atoms. The number of fused-ring (bicyclic) bond motifs is 1. The zero-order valence-corrected chi connectivity index (χ0v) is 17.8. The number of carboxylic acids is 1. The molecule has 0 amide bonds. The number of hydroxylamine groups is 1. The fourth-order valence-electron chi connectivity index (χ4n) is 3.74. The summed E-state index contributed by atoms with van der Waals surface area (Å²) in [6.07, 6.45) is 4.92. The van der Waals surface area contributed by atoms with Crippen molar-refractivity contribution >= 4 is 22.6 Å². The maximum atomic E-state index is 15.1. The average molecular weight is 430 g/mol. The molecule has 2 aromatic rings. The van der Waals surface area contributed by atoms with Gasteiger partial charge in [0.2, 0.25) is 5.43 Å². The number of carbonyl (C=O) groups is 1. The van der Waals surface area contributed by atoms with E-state index < -0.39 is 22.8 Å². The third-order valence-electron chi connectivity index (χ3n) is 5.49. The van der Waals surface area contributed by atoms with Gasteiger partial charge in [0.05, 0.1) is 22.5 Å². The second-order valence-electron chi connectivity index (χ2n) is 9.12. The Morgan fingerprint density at radius 1 is 1.35 bits per heavy atom. The maximum absolute atomic E-state index is 15.1. The zero-order valence-electron chi connectivity index (χ0n) is 17.8. The third-order valence-corrected chi connectivity index (χ3v) is 5.49. The molecule has 1 aliphatic carbocycles. The van der Waals surface area contributed by atoms with Crippen LogP contribution in [-0.2, 0) is 4.84 Å². The Morgan fingerprint density at radius 3 is 2.65 bits per heavy atom. The van der Waals surface area contributed by atoms with Crippen molar-refractivity contribution in [2.24, 2.45) is 11.7 Å². The summed E-state index contributed by atoms with van der Waals surface area (Å²) >= 11 is 0. The number of nitrogens with two attached hydrogens (primary N) is 1. The number of aromatic nitrogens is 1. The molecular formula is C22H27FN4O4. The Morgan fingerprint density at radius 2 is 2.06 bits per heavy atom. The van der Waals surface area contributed by atoms with Crippen molar-refractivity contribution in [2.45, 2.75) is 45.3 Å². The minimum Gasteiger partial charge on any atom is -0.477 e. The summed E-state index contributed by atoms with van der Waals surface area (Å²) in [7, 11) is 0. The molecule has 0 bridgehead atoms. The van der Waals surface area contributed by atoms with Gasteiger partial charge >= 0.3 is 5.97 Å². The smallest absolute Gasteiger partial charge is 0.341 e. The monoisotopic (exact) mass is 430 g/mol. The van der Waals surface area contributed by atoms with Crippen molar-refractivity contribution in [2.75, 3.05) is 18.0 Å². The SMILES string of the molecule is CC(C)(C)ONC1=CN(c2cc3c(cc2F)c(=O)c(C(=O)O)cn3C2CC2)CC1CN. The normalized spacial score (nSPS) is 19.1. The molecule has 1 aromatic heterocycles. The average Bonchev–Trinajstić information content (AvgIpc) is 3.45. The number of rotatable bonds is 6. The molecule has 2 heterocycles. The predicted octanol–water partition coefficient (Wildman–Crippen LogP) is 2.73. The van der Waals surface area contributed by atoms with Crippen LogP contribution in [0.2, 0.25) is 0 Å². The van der Waals surface area contributed by atoms with Gasteiger partial charge in [0, 0.05) is 42.8 Å². The maximum Gasteiger partial charge on any atom is 0.341 e. The van der Waals surface area contributed by atoms with Crippen molar-refractivity contribution in [1.82, 2.24) is 10.0 Å². The Bertz CT molecular complexity index is 1130. The lowest BCUT2D eigenvalue weighted by Gasteiger charge is -2.22. The van der Waals surface area contributed by atoms with Crippen LogP contribution in [-0.4, -0.2) is 34.3 Å². The van der Waals surface area contributed by atoms with Crippen LogP contribution in [0.25, 0.3) is 10.9 Å². The van der Waals surface area contributed by atoms with Crippen molar-refractivity contribution in [3.8, 4) is 0 Å². The Balaban J connectivity index is 1.78. The summed E-state index contributed by atoms with van der Waals surface area (Å²) in [6.45, 7) is 6.55. The highest BCUT2D eigenvalue weighted by Crippen LogP contribution is 2.38. The number of hydrogen-bond acceptors (Lipinski definition) is 6. The van der Waals surface area contributed by atoms with E-state index in [0.29, 0.717) is 24.3 Å². The summed E-state index contributed by atoms with van der Waals surface area (Å²) in [5, 5.41) is 9.46. The highest BCUT2D eigenvalue weighted by molar-refractivity contribution is 5.93. The van der Waals surface area contributed by atoms with Gasteiger partial charge in [0.25, 0.3) is 0 Å². The highest BCUT2D eigenvalue weighted by Gasteiger charge is 2.30. The fraction of sp³-hybridized carbons (Fsp3) is 0.455. The van der Waals surface area contributed by atoms with Gasteiger partial charge in [-0.1, -0.05) is 0 Å². The summed E-state index contributed by atoms with van der Waals surface area (Å²) < 4.78 is 16.9. The van der Waals surface area contributed by atoms with Crippen molar-refractivity contribution in [3.05, 3.63) is 51.8 Å². The van der Waals surface area contributed by atoms with Gasteiger partial charge in [-0.2, -0.15) is 0 Å². The lowest BCUT2D eigenvalue weighted by molar-refractivity contribution is -0.0607. The van der Waals surface area contributed by atoms with Crippen LogP contribution in [0.4, 0.5) is 10.1 Å². The molecule has 166 valence electrons. The lowest BCUT2D eigenvalue weighted by Crippen LogP contribution is -2.33. The first kappa shape index (κ1) is 21.3. The van der Waals surface area contributed by atoms with Crippen molar-refractivity contribution < 1.29 is 19.1 Å². The summed E-state index contributed by atoms with van der Waals surface area (Å²) in [4.78, 5) is 31.5. The first-order chi connectivity index (χ1) is 14.6. The molecule has 1 fully saturated rings. The van der Waals surface area contributed by atoms with Crippen LogP contribution in [0.3, 0.4) is 0 Å². The molecule has 4 N–H and O–H groups in total. The van der Waals surface area contributed by atoms with E-state index in [9.17, 15) is 14.7 Å². The van der Waals surface area contributed by atoms with Crippen LogP contribution < -0.4 is 21.5 Å². The van der Waals surface area contributed by atoms with Crippen molar-refractivity contribution in [1.29, 1.82) is 0 Å². The summed E-state index contributed by atoms with van der Waals surface area (Å²) in [5.74, 6) is -1.98. The van der Waals surface area contributed by atoms with E-state index in [4.69, 9.17) is 10.6 Å². The summed E-state index contributed by atoms with van der Waals surface area (Å²) in [5.41, 5.74) is 8.99. The second kappa shape index (κ2) is 7.65. The van der Waals surface area contributed by atoms with E-state index in [1.54, 1.807) is 21.7 Å². The molecule has 1 aromatic carbocycles. The van der Waals surface area contributed by atoms with Gasteiger partial charge < -0.3 is 20.3 Å². The number of anilines is 1. The van der Waals surface area contributed by atoms with Gasteiger partial charge in [-0.3, -0.25) is 15.1 Å². The molecule has 9 heteroatoms. The first-order valence-corrected chi connectivity index (χ1v) is 10.3. The Labute approximate surface area is 179 Å². The van der Waals surface area contributed by atoms with E-state index >= 15 is 4.39 Å². The predicted molar refractivity (Wildman–Crippen MR) is 115 cm³/mol. The molecule has 1 atom stereocenters. The highest BCUT2D eigenvalue weighted by atomic mass is 19.1. The van der Waals surface area contributed by atoms with Crippen LogP contribution in [0.1, 0.15) is 50.0 Å². The number of hydrogen-bond donors (Lipinski definition) is 3. The molecule has 8 nitrogen and oxygen atoms in total. The number of nitrogens with one attached hydrogen (secondary N) is 1. The van der Waals surface area contributed by atoms with Crippen LogP contribution in [0, 0.1) is 11.7 Å². The van der Waals surface area contributed by atoms with Crippen molar-refractivity contribution in [3.63, 3.8) is 0 Å². The molecule has 1 aliphatic heterocycles. The number of pyridine rings is 1. The molecule has 1 unspecified atom stereocenters. The standard InChI is InChI=1S/C22H27FN4O4/c1-22(2,3)31-25-17-11-26(9-12(17)8-24)19-7-18-14(6-16(19)23)20(28)15(21(29)30)10-27(18)13-4-5-13/h6-7,10-13,25H,4-5,8-9,24H2,1-3H3,(H,29,30). The zero-order chi connectivity index (χ0) is 22.5. The molecule has 0 saturated heterocycles. The number of benzene rings is 1. The molecule has 0 radical (unpaired) electrons. The van der Waals surface area contributed by atoms with Gasteiger partial charge in [0.15, 0.2) is 0 Å². The Kier molecular flexibility index (Phi) is 5.26. The largest absolute Gasteiger partial charge is 0.477 e. The van der Waals surface area contributed by atoms with Crippen LogP contribution >= 0.6 is 0 Å². The first-order valence-electron chi connectivity index (χ1n) is 10.3. The third kappa shape index (κ3) is 4.15. The number of carboxylic acid groups (broad SMARTS) is 1. The van der Waals surface area contributed by atoms with E-state index in [0.717, 1.165) is 24.6 Å². The topological polar surface area (TPSA) is 110 Å². The van der Waals surface area contributed by atoms with Crippen LogP contribution in [0.15, 0.2) is 35.0 Å².